The van der Waals surface area contributed by atoms with Crippen LogP contribution in [0.15, 0.2) is 65.5 Å². The zero-order valence-electron chi connectivity index (χ0n) is 18.9. The van der Waals surface area contributed by atoms with Crippen LogP contribution in [-0.4, -0.2) is 18.1 Å². The van der Waals surface area contributed by atoms with Gasteiger partial charge in [-0.25, -0.2) is 8.78 Å². The summed E-state index contributed by atoms with van der Waals surface area (Å²) < 4.78 is 34.8. The lowest BCUT2D eigenvalue weighted by Crippen LogP contribution is -2.23. The van der Waals surface area contributed by atoms with Gasteiger partial charge in [0.15, 0.2) is 17.0 Å². The lowest BCUT2D eigenvalue weighted by atomic mass is 10.0. The van der Waals surface area contributed by atoms with Gasteiger partial charge < -0.3 is 14.6 Å². The van der Waals surface area contributed by atoms with Crippen molar-refractivity contribution >= 4 is 16.6 Å². The van der Waals surface area contributed by atoms with Crippen molar-refractivity contribution in [1.82, 2.24) is 4.98 Å². The van der Waals surface area contributed by atoms with Crippen LogP contribution in [0.25, 0.3) is 22.2 Å². The van der Waals surface area contributed by atoms with Gasteiger partial charge in [-0.15, -0.1) is 0 Å². The number of H-pyrrole nitrogens is 1. The normalized spacial score (nSPS) is 11.1. The van der Waals surface area contributed by atoms with Gasteiger partial charge >= 0.3 is 0 Å². The molecule has 33 heavy (non-hydrogen) atoms. The van der Waals surface area contributed by atoms with Crippen LogP contribution in [0.4, 0.5) is 14.5 Å². The van der Waals surface area contributed by atoms with Gasteiger partial charge in [-0.1, -0.05) is 13.0 Å². The number of pyridine rings is 1. The number of ether oxygens (including phenoxy) is 1. The Labute approximate surface area is 191 Å². The second-order valence-corrected chi connectivity index (χ2v) is 7.94. The predicted octanol–water partition coefficient (Wildman–Crippen LogP) is 6.81. The first-order valence-corrected chi connectivity index (χ1v) is 11.1. The van der Waals surface area contributed by atoms with Crippen molar-refractivity contribution in [3.63, 3.8) is 0 Å². The van der Waals surface area contributed by atoms with Gasteiger partial charge in [0.2, 0.25) is 0 Å². The van der Waals surface area contributed by atoms with Crippen molar-refractivity contribution in [3.8, 4) is 22.8 Å². The third kappa shape index (κ3) is 4.46. The van der Waals surface area contributed by atoms with Gasteiger partial charge in [-0.2, -0.15) is 0 Å². The molecule has 0 bridgehead atoms. The Bertz CT molecular complexity index is 1350. The molecule has 6 heteroatoms. The number of hydrogen-bond acceptors (Lipinski definition) is 3. The summed E-state index contributed by atoms with van der Waals surface area (Å²) in [5, 5.41) is 0.00296. The van der Waals surface area contributed by atoms with E-state index >= 15 is 0 Å². The summed E-state index contributed by atoms with van der Waals surface area (Å²) in [6.07, 6.45) is 1.06. The first kappa shape index (κ1) is 22.5. The summed E-state index contributed by atoms with van der Waals surface area (Å²) in [5.41, 5.74) is 2.29. The van der Waals surface area contributed by atoms with Crippen LogP contribution in [0.5, 0.6) is 11.5 Å². The fourth-order valence-electron chi connectivity index (χ4n) is 4.01. The molecule has 4 aromatic rings. The molecule has 0 saturated heterocycles. The van der Waals surface area contributed by atoms with Gasteiger partial charge in [0.1, 0.15) is 11.6 Å². The Morgan fingerprint density at radius 3 is 2.39 bits per heavy atom. The minimum Gasteiger partial charge on any atom is -0.454 e. The van der Waals surface area contributed by atoms with Crippen LogP contribution >= 0.6 is 0 Å². The highest BCUT2D eigenvalue weighted by Gasteiger charge is 2.15. The fraction of sp³-hybridized carbons (Fsp3) is 0.222. The van der Waals surface area contributed by atoms with Crippen LogP contribution in [0.2, 0.25) is 0 Å². The maximum Gasteiger partial charge on any atom is 0.195 e. The highest BCUT2D eigenvalue weighted by molar-refractivity contribution is 5.83. The van der Waals surface area contributed by atoms with Crippen molar-refractivity contribution in [2.24, 2.45) is 0 Å². The van der Waals surface area contributed by atoms with E-state index in [1.54, 1.807) is 19.1 Å². The summed E-state index contributed by atoms with van der Waals surface area (Å²) in [4.78, 5) is 18.0. The Morgan fingerprint density at radius 2 is 1.73 bits per heavy atom. The molecule has 0 atom stereocenters. The second-order valence-electron chi connectivity index (χ2n) is 7.94. The zero-order valence-corrected chi connectivity index (χ0v) is 18.9. The van der Waals surface area contributed by atoms with Gasteiger partial charge in [-0.05, 0) is 74.9 Å². The summed E-state index contributed by atoms with van der Waals surface area (Å²) in [7, 11) is 0. The number of aromatic amines is 1. The number of benzene rings is 3. The molecule has 1 N–H and O–H groups in total. The molecule has 1 heterocycles. The van der Waals surface area contributed by atoms with E-state index in [9.17, 15) is 13.6 Å². The van der Waals surface area contributed by atoms with E-state index in [1.807, 2.05) is 24.3 Å². The average molecular weight is 449 g/mol. The number of fused-ring (bicyclic) bond motifs is 1. The number of anilines is 1. The maximum absolute atomic E-state index is 14.9. The lowest BCUT2D eigenvalue weighted by molar-refractivity contribution is 0.442. The molecule has 4 nitrogen and oxygen atoms in total. The molecule has 170 valence electrons. The van der Waals surface area contributed by atoms with E-state index in [0.29, 0.717) is 28.1 Å². The van der Waals surface area contributed by atoms with E-state index in [0.717, 1.165) is 25.2 Å². The molecule has 0 aliphatic rings. The van der Waals surface area contributed by atoms with E-state index in [-0.39, 0.29) is 11.1 Å². The van der Waals surface area contributed by atoms with E-state index in [2.05, 4.69) is 23.7 Å². The van der Waals surface area contributed by atoms with Crippen molar-refractivity contribution in [2.75, 3.05) is 18.0 Å². The van der Waals surface area contributed by atoms with Gasteiger partial charge in [-0.3, -0.25) is 4.79 Å². The van der Waals surface area contributed by atoms with Crippen LogP contribution in [0.3, 0.4) is 0 Å². The standard InChI is InChI=1S/C27H26F2N2O2/c1-4-15-31(5-2)19-10-12-20(13-11-19)33-24-14-9-18(16-22(24)29)26-17(3)27(32)25-21(28)7-6-8-23(25)30-26/h6-14,16H,4-5,15H2,1-3H3,(H,30,32). The maximum atomic E-state index is 14.9. The summed E-state index contributed by atoms with van der Waals surface area (Å²) >= 11 is 0. The average Bonchev–Trinajstić information content (AvgIpc) is 2.81. The summed E-state index contributed by atoms with van der Waals surface area (Å²) in [6, 6.07) is 16.5. The molecule has 0 radical (unpaired) electrons. The quantitative estimate of drug-likeness (QED) is 0.338. The molecule has 0 amide bonds. The van der Waals surface area contributed by atoms with Crippen molar-refractivity contribution < 1.29 is 13.5 Å². The fourth-order valence-corrected chi connectivity index (χ4v) is 4.01. The minimum atomic E-state index is -0.582. The van der Waals surface area contributed by atoms with E-state index < -0.39 is 17.1 Å². The van der Waals surface area contributed by atoms with E-state index in [4.69, 9.17) is 4.74 Å². The molecule has 0 aliphatic heterocycles. The number of aromatic nitrogens is 1. The first-order chi connectivity index (χ1) is 15.9. The Balaban J connectivity index is 1.62. The molecule has 0 saturated carbocycles. The highest BCUT2D eigenvalue weighted by atomic mass is 19.1. The largest absolute Gasteiger partial charge is 0.454 e. The number of nitrogens with zero attached hydrogens (tertiary/aromatic N) is 1. The Morgan fingerprint density at radius 1 is 0.970 bits per heavy atom. The molecule has 0 spiro atoms. The van der Waals surface area contributed by atoms with Crippen LogP contribution in [0, 0.1) is 18.6 Å². The summed E-state index contributed by atoms with van der Waals surface area (Å²) in [5.74, 6) is -0.526. The Hall–Kier alpha value is -3.67. The van der Waals surface area contributed by atoms with Crippen molar-refractivity contribution in [2.45, 2.75) is 27.2 Å². The predicted molar refractivity (Wildman–Crippen MR) is 129 cm³/mol. The van der Waals surface area contributed by atoms with Crippen LogP contribution < -0.4 is 15.1 Å². The number of halogens is 2. The van der Waals surface area contributed by atoms with Gasteiger partial charge in [0.05, 0.1) is 16.6 Å². The molecular formula is C27H26F2N2O2. The van der Waals surface area contributed by atoms with Crippen LogP contribution in [0.1, 0.15) is 25.8 Å². The number of rotatable bonds is 7. The molecule has 3 aromatic carbocycles. The monoisotopic (exact) mass is 448 g/mol. The number of hydrogen-bond donors (Lipinski definition) is 1. The van der Waals surface area contributed by atoms with Gasteiger partial charge in [0, 0.05) is 29.9 Å². The third-order valence-corrected chi connectivity index (χ3v) is 5.74. The third-order valence-electron chi connectivity index (χ3n) is 5.74. The molecule has 0 aliphatic carbocycles. The molecular weight excluding hydrogens is 422 g/mol. The molecule has 0 unspecified atom stereocenters. The smallest absolute Gasteiger partial charge is 0.195 e. The molecule has 4 rings (SSSR count). The van der Waals surface area contributed by atoms with Gasteiger partial charge in [0.25, 0.3) is 0 Å². The second kappa shape index (κ2) is 9.45. The first-order valence-electron chi connectivity index (χ1n) is 11.1. The number of nitrogens with one attached hydrogen (secondary N) is 1. The topological polar surface area (TPSA) is 45.3 Å². The zero-order chi connectivity index (χ0) is 23.5. The van der Waals surface area contributed by atoms with Crippen molar-refractivity contribution in [1.29, 1.82) is 0 Å². The SMILES string of the molecule is CCCN(CC)c1ccc(Oc2ccc(-c3[nH]c4cccc(F)c4c(=O)c3C)cc2F)cc1. The van der Waals surface area contributed by atoms with Crippen LogP contribution in [-0.2, 0) is 0 Å². The van der Waals surface area contributed by atoms with E-state index in [1.165, 1.54) is 24.3 Å². The molecule has 1 aromatic heterocycles. The van der Waals surface area contributed by atoms with Crippen molar-refractivity contribution in [3.05, 3.63) is 88.1 Å². The Kier molecular flexibility index (Phi) is 6.45. The minimum absolute atomic E-state index is 0.00296. The highest BCUT2D eigenvalue weighted by Crippen LogP contribution is 2.31. The summed E-state index contributed by atoms with van der Waals surface area (Å²) in [6.45, 7) is 7.72. The molecule has 0 fully saturated rings. The lowest BCUT2D eigenvalue weighted by Gasteiger charge is -2.22.